The van der Waals surface area contributed by atoms with Crippen LogP contribution in [0, 0.1) is 24.2 Å². The average molecular weight is 718 g/mol. The van der Waals surface area contributed by atoms with Gasteiger partial charge < -0.3 is 13.6 Å². The van der Waals surface area contributed by atoms with Crippen molar-refractivity contribution in [1.82, 2.24) is 4.98 Å². The normalized spacial score (nSPS) is 27.7. The molecule has 1 aliphatic rings. The first-order chi connectivity index (χ1) is 22.1. The molecular formula is C39H67NO5SSi2. The molecule has 48 heavy (non-hydrogen) atoms. The van der Waals surface area contributed by atoms with E-state index in [9.17, 15) is 9.59 Å². The summed E-state index contributed by atoms with van der Waals surface area (Å²) >= 11 is 1.60. The summed E-state index contributed by atoms with van der Waals surface area (Å²) in [7, 11) is -4.43. The van der Waals surface area contributed by atoms with E-state index in [-0.39, 0.29) is 35.2 Å². The second-order valence-corrected chi connectivity index (χ2v) is 26.7. The molecule has 0 bridgehead atoms. The van der Waals surface area contributed by atoms with E-state index in [4.69, 9.17) is 13.6 Å². The average Bonchev–Trinajstić information content (AvgIpc) is 3.42. The van der Waals surface area contributed by atoms with Gasteiger partial charge in [-0.25, -0.2) is 4.98 Å². The lowest BCUT2D eigenvalue weighted by Crippen LogP contribution is -2.53. The van der Waals surface area contributed by atoms with Gasteiger partial charge in [-0.15, -0.1) is 11.3 Å². The molecule has 0 saturated heterocycles. The van der Waals surface area contributed by atoms with Crippen molar-refractivity contribution < 1.29 is 23.2 Å². The van der Waals surface area contributed by atoms with Crippen LogP contribution >= 0.6 is 11.3 Å². The molecule has 0 aliphatic carbocycles. The molecule has 2 heterocycles. The van der Waals surface area contributed by atoms with Crippen molar-refractivity contribution in [2.75, 3.05) is 0 Å². The number of ketones is 1. The van der Waals surface area contributed by atoms with Crippen molar-refractivity contribution in [3.8, 4) is 0 Å². The van der Waals surface area contributed by atoms with E-state index in [1.165, 1.54) is 5.57 Å². The lowest BCUT2D eigenvalue weighted by molar-refractivity contribution is -0.153. The molecule has 1 aromatic heterocycles. The molecule has 2 rings (SSSR count). The van der Waals surface area contributed by atoms with Gasteiger partial charge in [0.1, 0.15) is 11.9 Å². The van der Waals surface area contributed by atoms with Crippen molar-refractivity contribution in [1.29, 1.82) is 0 Å². The largest absolute Gasteiger partial charge is 0.457 e. The van der Waals surface area contributed by atoms with E-state index in [2.05, 4.69) is 91.7 Å². The SMILES string of the molecule is CC[Si](CC)(CC)OC1CC(=O)OC(/C(C)=C/c2csc(C)n2)C/C=C(\C)C/C=C/[C@H](C)[C@H](O[Si](C)(C)C(C)(C)C)[C@@H](C)C(=O)C1(C)C. The van der Waals surface area contributed by atoms with Crippen LogP contribution in [0.2, 0.25) is 36.3 Å². The van der Waals surface area contributed by atoms with Crippen LogP contribution < -0.4 is 0 Å². The predicted octanol–water partition coefficient (Wildman–Crippen LogP) is 11.1. The molecule has 1 aromatic rings. The van der Waals surface area contributed by atoms with Crippen LogP contribution in [-0.4, -0.2) is 51.7 Å². The van der Waals surface area contributed by atoms with Gasteiger partial charge in [-0.05, 0) is 81.0 Å². The van der Waals surface area contributed by atoms with Gasteiger partial charge in [-0.3, -0.25) is 9.59 Å². The molecule has 272 valence electrons. The number of Topliss-reactive ketones (excluding diaryl/α,β-unsaturated/α-hetero) is 1. The maximum atomic E-state index is 14.8. The second kappa shape index (κ2) is 17.5. The molecule has 1 aliphatic heterocycles. The molecule has 0 radical (unpaired) electrons. The minimum atomic E-state index is -2.22. The van der Waals surface area contributed by atoms with Crippen LogP contribution in [0.15, 0.2) is 34.8 Å². The smallest absolute Gasteiger partial charge is 0.309 e. The first kappa shape index (κ1) is 42.5. The second-order valence-electron chi connectivity index (χ2n) is 16.2. The van der Waals surface area contributed by atoms with Crippen molar-refractivity contribution in [3.63, 3.8) is 0 Å². The quantitative estimate of drug-likeness (QED) is 0.144. The van der Waals surface area contributed by atoms with Crippen molar-refractivity contribution in [3.05, 3.63) is 45.5 Å². The Labute approximate surface area is 299 Å². The Hall–Kier alpha value is -1.66. The Balaban J connectivity index is 2.70. The molecule has 0 N–H and O–H groups in total. The third-order valence-corrected chi connectivity index (χ3v) is 21.0. The zero-order valence-corrected chi connectivity index (χ0v) is 35.7. The Morgan fingerprint density at radius 3 is 2.21 bits per heavy atom. The van der Waals surface area contributed by atoms with Gasteiger partial charge in [0.15, 0.2) is 16.6 Å². The maximum Gasteiger partial charge on any atom is 0.309 e. The number of aryl methyl sites for hydroxylation is 1. The molecule has 0 saturated carbocycles. The summed E-state index contributed by atoms with van der Waals surface area (Å²) in [6.07, 6.45) is 8.62. The highest BCUT2D eigenvalue weighted by Gasteiger charge is 2.49. The van der Waals surface area contributed by atoms with Gasteiger partial charge >= 0.3 is 5.97 Å². The number of hydrogen-bond donors (Lipinski definition) is 0. The molecule has 6 nitrogen and oxygen atoms in total. The lowest BCUT2D eigenvalue weighted by atomic mass is 9.73. The van der Waals surface area contributed by atoms with E-state index < -0.39 is 40.2 Å². The first-order valence-electron chi connectivity index (χ1n) is 18.1. The molecule has 5 atom stereocenters. The van der Waals surface area contributed by atoms with Crippen molar-refractivity contribution >= 4 is 45.8 Å². The van der Waals surface area contributed by atoms with Crippen LogP contribution in [0.25, 0.3) is 6.08 Å². The van der Waals surface area contributed by atoms with E-state index in [1.807, 2.05) is 46.1 Å². The molecule has 0 spiro atoms. The summed E-state index contributed by atoms with van der Waals surface area (Å²) in [5.41, 5.74) is 2.06. The number of aromatic nitrogens is 1. The highest BCUT2D eigenvalue weighted by molar-refractivity contribution is 7.09. The molecule has 0 amide bonds. The number of hydrogen-bond acceptors (Lipinski definition) is 7. The van der Waals surface area contributed by atoms with Crippen LogP contribution in [0.5, 0.6) is 0 Å². The maximum absolute atomic E-state index is 14.8. The molecule has 2 unspecified atom stereocenters. The van der Waals surface area contributed by atoms with Crippen molar-refractivity contribution in [2.24, 2.45) is 17.3 Å². The number of rotatable bonds is 9. The van der Waals surface area contributed by atoms with Crippen LogP contribution in [0.4, 0.5) is 0 Å². The van der Waals surface area contributed by atoms with E-state index in [0.29, 0.717) is 6.42 Å². The number of carbonyl (C=O) groups excluding carboxylic acids is 2. The van der Waals surface area contributed by atoms with Gasteiger partial charge in [0.2, 0.25) is 0 Å². The number of esters is 1. The van der Waals surface area contributed by atoms with E-state index >= 15 is 0 Å². The standard InChI is InChI=1S/C39H67NO5SSi2/c1-16-48(17-2,18-3)44-34-25-35(41)43-33(29(6)24-32-26-46-31(8)40-32)23-22-27(4)20-19-21-28(5)36(30(7)37(42)39(34,12)13)45-47(14,15)38(9,10)11/h19,21-22,24,26,28,30,33-34,36H,16-18,20,23,25H2,1-15H3/b21-19+,27-22+,29-24+/t28-,30+,33?,34?,36-/m0/s1. The van der Waals surface area contributed by atoms with Gasteiger partial charge in [0.25, 0.3) is 0 Å². The fraction of sp³-hybridized carbons (Fsp3) is 0.718. The Kier molecular flexibility index (Phi) is 15.5. The first-order valence-corrected chi connectivity index (χ1v) is 24.5. The number of carbonyl (C=O) groups is 2. The number of ether oxygens (including phenoxy) is 1. The number of allylic oxidation sites excluding steroid dienone is 2. The zero-order valence-electron chi connectivity index (χ0n) is 32.9. The van der Waals surface area contributed by atoms with Gasteiger partial charge in [0.05, 0.1) is 29.3 Å². The van der Waals surface area contributed by atoms with Crippen LogP contribution in [0.3, 0.4) is 0 Å². The van der Waals surface area contributed by atoms with Gasteiger partial charge in [-0.1, -0.05) is 93.0 Å². The highest BCUT2D eigenvalue weighted by Crippen LogP contribution is 2.42. The third kappa shape index (κ3) is 11.2. The predicted molar refractivity (Wildman–Crippen MR) is 208 cm³/mol. The molecule has 0 fully saturated rings. The summed E-state index contributed by atoms with van der Waals surface area (Å²) in [6.45, 7) is 32.0. The minimum absolute atomic E-state index is 0.00524. The number of nitrogens with zero attached hydrogens (tertiary/aromatic N) is 1. The zero-order chi connectivity index (χ0) is 36.7. The minimum Gasteiger partial charge on any atom is -0.457 e. The Morgan fingerprint density at radius 1 is 1.08 bits per heavy atom. The summed E-state index contributed by atoms with van der Waals surface area (Å²) < 4.78 is 20.5. The summed E-state index contributed by atoms with van der Waals surface area (Å²) in [5.74, 6) is -0.646. The summed E-state index contributed by atoms with van der Waals surface area (Å²) in [5, 5.41) is 3.01. The topological polar surface area (TPSA) is 74.7 Å². The fourth-order valence-electron chi connectivity index (χ4n) is 6.25. The number of cyclic esters (lactones) is 1. The molecule has 0 aromatic carbocycles. The summed E-state index contributed by atoms with van der Waals surface area (Å²) in [4.78, 5) is 33.4. The molecule has 9 heteroatoms. The van der Waals surface area contributed by atoms with Gasteiger partial charge in [0, 0.05) is 23.1 Å². The van der Waals surface area contributed by atoms with Crippen molar-refractivity contribution in [2.45, 2.75) is 164 Å². The third-order valence-electron chi connectivity index (χ3n) is 11.1. The fourth-order valence-corrected chi connectivity index (χ4v) is 11.3. The summed E-state index contributed by atoms with van der Waals surface area (Å²) in [6, 6.07) is 2.77. The lowest BCUT2D eigenvalue weighted by Gasteiger charge is -2.45. The van der Waals surface area contributed by atoms with Gasteiger partial charge in [-0.2, -0.15) is 0 Å². The molecular weight excluding hydrogens is 651 g/mol. The monoisotopic (exact) mass is 717 g/mol. The van der Waals surface area contributed by atoms with E-state index in [0.717, 1.165) is 40.8 Å². The number of thiazole rings is 1. The van der Waals surface area contributed by atoms with E-state index in [1.54, 1.807) is 11.3 Å². The highest BCUT2D eigenvalue weighted by atomic mass is 32.1. The Bertz CT molecular complexity index is 1310. The Morgan fingerprint density at radius 2 is 1.69 bits per heavy atom. The van der Waals surface area contributed by atoms with Crippen LogP contribution in [0.1, 0.15) is 113 Å². The van der Waals surface area contributed by atoms with Crippen LogP contribution in [-0.2, 0) is 23.2 Å².